The number of alkyl halides is 2. The fourth-order valence-electron chi connectivity index (χ4n) is 0.848. The van der Waals surface area contributed by atoms with Crippen molar-refractivity contribution in [2.24, 2.45) is 0 Å². The molecule has 0 aromatic rings. The van der Waals surface area contributed by atoms with E-state index in [9.17, 15) is 0 Å². The summed E-state index contributed by atoms with van der Waals surface area (Å²) in [7, 11) is 0. The van der Waals surface area contributed by atoms with Crippen LogP contribution in [0.5, 0.6) is 0 Å². The van der Waals surface area contributed by atoms with Gasteiger partial charge in [-0.25, -0.2) is 0 Å². The molecule has 0 atom stereocenters. The highest BCUT2D eigenvalue weighted by Gasteiger charge is 2.01. The van der Waals surface area contributed by atoms with Crippen molar-refractivity contribution in [3.8, 4) is 0 Å². The zero-order chi connectivity index (χ0) is 11.8. The molecular formula is C9H10I6. The minimum Gasteiger partial charge on any atom is -0.0733 e. The Labute approximate surface area is 174 Å². The van der Waals surface area contributed by atoms with E-state index < -0.39 is 0 Å². The molecule has 0 saturated carbocycles. The maximum absolute atomic E-state index is 2.45. The molecule has 0 saturated heterocycles. The standard InChI is InChI=1S/C9H10I6/c10-6(8(12)13)4-2-1-3-5-7(11)9(14)15/h4,8H,1-3,5H2/b6-4-. The molecule has 0 spiro atoms. The largest absolute Gasteiger partial charge is 0.0928 e. The number of hydrogen-bond donors (Lipinski definition) is 0. The molecule has 0 aliphatic carbocycles. The molecule has 0 N–H and O–H groups in total. The number of rotatable bonds is 6. The van der Waals surface area contributed by atoms with Crippen LogP contribution < -0.4 is 0 Å². The van der Waals surface area contributed by atoms with Crippen LogP contribution in [-0.4, -0.2) is 1.93 Å². The van der Waals surface area contributed by atoms with Gasteiger partial charge in [-0.2, -0.15) is 0 Å². The molecule has 0 aromatic carbocycles. The average Bonchev–Trinajstić information content (AvgIpc) is 2.16. The molecule has 0 aliphatic heterocycles. The fraction of sp³-hybridized carbons (Fsp3) is 0.556. The molecule has 0 aromatic heterocycles. The van der Waals surface area contributed by atoms with Crippen molar-refractivity contribution in [1.29, 1.82) is 0 Å². The third-order valence-electron chi connectivity index (χ3n) is 1.60. The predicted molar refractivity (Wildman–Crippen MR) is 121 cm³/mol. The Morgan fingerprint density at radius 1 is 1.00 bits per heavy atom. The topological polar surface area (TPSA) is 0 Å². The number of hydrogen-bond acceptors (Lipinski definition) is 0. The monoisotopic (exact) mass is 880 g/mol. The van der Waals surface area contributed by atoms with E-state index in [1.54, 1.807) is 0 Å². The third-order valence-corrected chi connectivity index (χ3v) is 10.8. The van der Waals surface area contributed by atoms with E-state index >= 15 is 0 Å². The lowest BCUT2D eigenvalue weighted by Crippen LogP contribution is -1.83. The Morgan fingerprint density at radius 3 is 2.07 bits per heavy atom. The molecule has 0 nitrogen and oxygen atoms in total. The molecule has 15 heavy (non-hydrogen) atoms. The second-order valence-electron chi connectivity index (χ2n) is 2.80. The fourth-order valence-corrected chi connectivity index (χ4v) is 2.59. The summed E-state index contributed by atoms with van der Waals surface area (Å²) in [6.07, 6.45) is 7.45. The second-order valence-corrected chi connectivity index (χ2v) is 14.4. The smallest absolute Gasteiger partial charge is 0.0733 e. The summed E-state index contributed by atoms with van der Waals surface area (Å²) in [4.78, 5) is 0. The van der Waals surface area contributed by atoms with Crippen LogP contribution in [0.1, 0.15) is 25.7 Å². The molecule has 0 rings (SSSR count). The van der Waals surface area contributed by atoms with Crippen molar-refractivity contribution >= 4 is 136 Å². The number of unbranched alkanes of at least 4 members (excludes halogenated alkanes) is 2. The first kappa shape index (κ1) is 18.9. The molecule has 0 fully saturated rings. The molecule has 6 heteroatoms. The molecule has 0 unspecified atom stereocenters. The molecule has 0 bridgehead atoms. The first-order chi connectivity index (χ1) is 6.95. The molecule has 88 valence electrons. The van der Waals surface area contributed by atoms with Gasteiger partial charge in [0.05, 0.1) is 3.52 Å². The summed E-state index contributed by atoms with van der Waals surface area (Å²) in [5.41, 5.74) is 0. The molecule has 0 heterocycles. The van der Waals surface area contributed by atoms with Crippen LogP contribution in [0.2, 0.25) is 0 Å². The lowest BCUT2D eigenvalue weighted by atomic mass is 10.2. The Balaban J connectivity index is 3.65. The van der Waals surface area contributed by atoms with Crippen molar-refractivity contribution in [2.75, 3.05) is 0 Å². The Bertz CT molecular complexity index is 239. The van der Waals surface area contributed by atoms with Crippen molar-refractivity contribution in [1.82, 2.24) is 0 Å². The summed E-state index contributed by atoms with van der Waals surface area (Å²) in [6.45, 7) is 0. The summed E-state index contributed by atoms with van der Waals surface area (Å²) in [6, 6.07) is 0. The van der Waals surface area contributed by atoms with Crippen molar-refractivity contribution in [2.45, 2.75) is 27.6 Å². The van der Waals surface area contributed by atoms with Gasteiger partial charge in [0, 0.05) is 7.16 Å². The molecular weight excluding hydrogens is 870 g/mol. The van der Waals surface area contributed by atoms with Gasteiger partial charge in [0.1, 0.15) is 0 Å². The van der Waals surface area contributed by atoms with Crippen molar-refractivity contribution < 1.29 is 0 Å². The summed E-state index contributed by atoms with van der Waals surface area (Å²) in [5.74, 6) is 0. The van der Waals surface area contributed by atoms with E-state index in [0.29, 0.717) is 1.93 Å². The quantitative estimate of drug-likeness (QED) is 0.147. The first-order valence-electron chi connectivity index (χ1n) is 4.28. The van der Waals surface area contributed by atoms with E-state index in [1.165, 1.54) is 34.4 Å². The van der Waals surface area contributed by atoms with Gasteiger partial charge in [-0.05, 0) is 116 Å². The van der Waals surface area contributed by atoms with Crippen LogP contribution in [0.15, 0.2) is 14.8 Å². The van der Waals surface area contributed by atoms with E-state index in [0.717, 1.165) is 0 Å². The van der Waals surface area contributed by atoms with Crippen LogP contribution in [0, 0.1) is 0 Å². The van der Waals surface area contributed by atoms with Crippen LogP contribution in [-0.2, 0) is 0 Å². The highest BCUT2D eigenvalue weighted by molar-refractivity contribution is 14.2. The first-order valence-corrected chi connectivity index (χ1v) is 11.1. The van der Waals surface area contributed by atoms with Crippen molar-refractivity contribution in [3.05, 3.63) is 14.8 Å². The Morgan fingerprint density at radius 2 is 1.60 bits per heavy atom. The van der Waals surface area contributed by atoms with Gasteiger partial charge in [-0.3, -0.25) is 0 Å². The Kier molecular flexibility index (Phi) is 14.7. The van der Waals surface area contributed by atoms with Crippen molar-refractivity contribution in [3.63, 3.8) is 0 Å². The molecule has 0 aliphatic rings. The van der Waals surface area contributed by atoms with Gasteiger partial charge in [-0.15, -0.1) is 0 Å². The van der Waals surface area contributed by atoms with E-state index in [4.69, 9.17) is 0 Å². The number of allylic oxidation sites excluding steroid dienone is 3. The number of halogens is 6. The minimum atomic E-state index is 0.635. The molecule has 0 amide bonds. The van der Waals surface area contributed by atoms with Crippen LogP contribution in [0.4, 0.5) is 0 Å². The maximum atomic E-state index is 2.45. The van der Waals surface area contributed by atoms with Gasteiger partial charge in [0.15, 0.2) is 0 Å². The third kappa shape index (κ3) is 11.4. The highest BCUT2D eigenvalue weighted by Crippen LogP contribution is 2.30. The summed E-state index contributed by atoms with van der Waals surface area (Å²) < 4.78 is 5.03. The van der Waals surface area contributed by atoms with Crippen LogP contribution in [0.25, 0.3) is 0 Å². The normalized spacial score (nSPS) is 12.1. The van der Waals surface area contributed by atoms with E-state index in [1.807, 2.05) is 0 Å². The summed E-state index contributed by atoms with van der Waals surface area (Å²) in [5, 5.41) is 0. The maximum Gasteiger partial charge on any atom is 0.0928 e. The Hall–Kier alpha value is 3.86. The average molecular weight is 880 g/mol. The lowest BCUT2D eigenvalue weighted by molar-refractivity contribution is 0.760. The van der Waals surface area contributed by atoms with Crippen LogP contribution in [0.3, 0.4) is 0 Å². The zero-order valence-corrected chi connectivity index (χ0v) is 20.7. The van der Waals surface area contributed by atoms with E-state index in [2.05, 4.69) is 142 Å². The van der Waals surface area contributed by atoms with Gasteiger partial charge in [0.25, 0.3) is 0 Å². The SMILES string of the molecule is IC(I)=C(I)CCCC/C=C(\I)C(I)I. The zero-order valence-electron chi connectivity index (χ0n) is 7.75. The predicted octanol–water partition coefficient (Wildman–Crippen LogP) is 7.54. The second kappa shape index (κ2) is 11.7. The van der Waals surface area contributed by atoms with E-state index in [-0.39, 0.29) is 0 Å². The summed E-state index contributed by atoms with van der Waals surface area (Å²) >= 11 is 14.6. The van der Waals surface area contributed by atoms with Crippen LogP contribution >= 0.6 is 136 Å². The molecule has 0 radical (unpaired) electrons. The van der Waals surface area contributed by atoms with Gasteiger partial charge in [-0.1, -0.05) is 51.3 Å². The lowest BCUT2D eigenvalue weighted by Gasteiger charge is -2.01. The minimum absolute atomic E-state index is 0.635. The van der Waals surface area contributed by atoms with Gasteiger partial charge in [0.2, 0.25) is 0 Å². The van der Waals surface area contributed by atoms with Gasteiger partial charge < -0.3 is 0 Å². The van der Waals surface area contributed by atoms with Gasteiger partial charge >= 0.3 is 0 Å². The highest BCUT2D eigenvalue weighted by atomic mass is 127.